The molecule has 1 N–H and O–H groups in total. The number of nitrogens with one attached hydrogen (secondary N) is 1. The van der Waals surface area contributed by atoms with Crippen molar-refractivity contribution in [3.8, 4) is 0 Å². The average molecular weight is 358 g/mol. The molecule has 1 aromatic carbocycles. The second kappa shape index (κ2) is 6.29. The fourth-order valence-corrected chi connectivity index (χ4v) is 2.48. The number of hydrogen-bond acceptors (Lipinski definition) is 4. The van der Waals surface area contributed by atoms with Crippen molar-refractivity contribution in [2.24, 2.45) is 0 Å². The van der Waals surface area contributed by atoms with Crippen molar-refractivity contribution >= 4 is 37.6 Å². The molecule has 0 radical (unpaired) electrons. The fourth-order valence-electron chi connectivity index (χ4n) is 1.14. The quantitative estimate of drug-likeness (QED) is 0.646. The predicted octanol–water partition coefficient (Wildman–Crippen LogP) is 2.03. The van der Waals surface area contributed by atoms with Gasteiger partial charge in [0.15, 0.2) is 0 Å². The van der Waals surface area contributed by atoms with E-state index in [4.69, 9.17) is 0 Å². The van der Waals surface area contributed by atoms with E-state index in [2.05, 4.69) is 20.7 Å². The zero-order valence-electron chi connectivity index (χ0n) is 9.74. The number of ether oxygens (including phenoxy) is 1. The number of carbonyl (C=O) groups is 1. The van der Waals surface area contributed by atoms with Crippen molar-refractivity contribution in [1.29, 1.82) is 0 Å². The van der Waals surface area contributed by atoms with Crippen LogP contribution in [0.5, 0.6) is 0 Å². The van der Waals surface area contributed by atoms with Crippen LogP contribution in [0.15, 0.2) is 16.6 Å². The Morgan fingerprint density at radius 2 is 2.00 bits per heavy atom. The van der Waals surface area contributed by atoms with Crippen LogP contribution in [0.3, 0.4) is 0 Å². The Morgan fingerprint density at radius 3 is 2.58 bits per heavy atom. The lowest BCUT2D eigenvalue weighted by molar-refractivity contribution is -0.140. The smallest absolute Gasteiger partial charge is 0.306 e. The van der Waals surface area contributed by atoms with Gasteiger partial charge in [-0.1, -0.05) is 0 Å². The molecule has 0 unspecified atom stereocenters. The standard InChI is InChI=1S/C10H10BrF2NO4S/c1-18-10(15)2-3-19(16,17)14-9-5-7(12)6(11)4-8(9)13/h4-5,14H,2-3H2,1H3. The van der Waals surface area contributed by atoms with Gasteiger partial charge in [0, 0.05) is 6.07 Å². The van der Waals surface area contributed by atoms with Gasteiger partial charge in [-0.3, -0.25) is 9.52 Å². The maximum absolute atomic E-state index is 13.4. The molecule has 0 atom stereocenters. The van der Waals surface area contributed by atoms with Crippen molar-refractivity contribution in [3.63, 3.8) is 0 Å². The maximum Gasteiger partial charge on any atom is 0.306 e. The molecule has 1 aromatic rings. The van der Waals surface area contributed by atoms with Crippen molar-refractivity contribution in [2.75, 3.05) is 17.6 Å². The number of carbonyl (C=O) groups excluding carboxylic acids is 1. The Kier molecular flexibility index (Phi) is 5.24. The lowest BCUT2D eigenvalue weighted by Crippen LogP contribution is -2.20. The number of hydrogen-bond donors (Lipinski definition) is 1. The molecule has 0 amide bonds. The van der Waals surface area contributed by atoms with Gasteiger partial charge < -0.3 is 4.74 Å². The van der Waals surface area contributed by atoms with Gasteiger partial charge in [0.25, 0.3) is 0 Å². The van der Waals surface area contributed by atoms with Crippen LogP contribution < -0.4 is 4.72 Å². The average Bonchev–Trinajstić information content (AvgIpc) is 2.33. The number of anilines is 1. The summed E-state index contributed by atoms with van der Waals surface area (Å²) in [5.41, 5.74) is -0.523. The molecule has 0 saturated carbocycles. The molecule has 9 heteroatoms. The van der Waals surface area contributed by atoms with Crippen molar-refractivity contribution in [1.82, 2.24) is 0 Å². The molecule has 0 spiro atoms. The first kappa shape index (κ1) is 15.8. The Morgan fingerprint density at radius 1 is 1.37 bits per heavy atom. The van der Waals surface area contributed by atoms with Crippen LogP contribution in [-0.2, 0) is 19.6 Å². The van der Waals surface area contributed by atoms with Gasteiger partial charge in [0.2, 0.25) is 10.0 Å². The maximum atomic E-state index is 13.4. The monoisotopic (exact) mass is 357 g/mol. The van der Waals surface area contributed by atoms with E-state index in [9.17, 15) is 22.0 Å². The number of esters is 1. The van der Waals surface area contributed by atoms with Gasteiger partial charge in [-0.15, -0.1) is 0 Å². The van der Waals surface area contributed by atoms with E-state index >= 15 is 0 Å². The second-order valence-corrected chi connectivity index (χ2v) is 6.19. The van der Waals surface area contributed by atoms with Crippen LogP contribution in [-0.4, -0.2) is 27.2 Å². The minimum Gasteiger partial charge on any atom is -0.469 e. The molecule has 0 aromatic heterocycles. The first-order chi connectivity index (χ1) is 8.75. The van der Waals surface area contributed by atoms with Crippen LogP contribution >= 0.6 is 15.9 Å². The second-order valence-electron chi connectivity index (χ2n) is 3.49. The molecule has 19 heavy (non-hydrogen) atoms. The summed E-state index contributed by atoms with van der Waals surface area (Å²) in [4.78, 5) is 10.8. The summed E-state index contributed by atoms with van der Waals surface area (Å²) < 4.78 is 55.7. The van der Waals surface area contributed by atoms with E-state index in [1.54, 1.807) is 0 Å². The summed E-state index contributed by atoms with van der Waals surface area (Å²) in [7, 11) is -2.85. The largest absolute Gasteiger partial charge is 0.469 e. The number of benzene rings is 1. The molecular formula is C10H10BrF2NO4S. The van der Waals surface area contributed by atoms with E-state index < -0.39 is 39.1 Å². The molecule has 106 valence electrons. The lowest BCUT2D eigenvalue weighted by atomic mass is 10.3. The Bertz CT molecular complexity index is 591. The van der Waals surface area contributed by atoms with Gasteiger partial charge in [0.05, 0.1) is 29.4 Å². The number of sulfonamides is 1. The number of rotatable bonds is 5. The Labute approximate surface area is 117 Å². The van der Waals surface area contributed by atoms with Gasteiger partial charge in [0.1, 0.15) is 11.6 Å². The third-order valence-electron chi connectivity index (χ3n) is 2.08. The highest BCUT2D eigenvalue weighted by molar-refractivity contribution is 9.10. The van der Waals surface area contributed by atoms with Gasteiger partial charge in [-0.2, -0.15) is 0 Å². The molecule has 0 aliphatic carbocycles. The normalized spacial score (nSPS) is 11.2. The summed E-state index contributed by atoms with van der Waals surface area (Å²) in [6.45, 7) is 0. The fraction of sp³-hybridized carbons (Fsp3) is 0.300. The van der Waals surface area contributed by atoms with Crippen molar-refractivity contribution < 1.29 is 26.7 Å². The predicted molar refractivity (Wildman–Crippen MR) is 68.1 cm³/mol. The minimum atomic E-state index is -3.96. The molecule has 1 rings (SSSR count). The van der Waals surface area contributed by atoms with Gasteiger partial charge in [-0.05, 0) is 22.0 Å². The number of halogens is 3. The first-order valence-corrected chi connectivity index (χ1v) is 7.41. The highest BCUT2D eigenvalue weighted by Gasteiger charge is 2.17. The number of methoxy groups -OCH3 is 1. The topological polar surface area (TPSA) is 72.5 Å². The van der Waals surface area contributed by atoms with Gasteiger partial charge >= 0.3 is 5.97 Å². The molecule has 0 fully saturated rings. The molecule has 0 saturated heterocycles. The molecule has 0 bridgehead atoms. The summed E-state index contributed by atoms with van der Waals surface area (Å²) in [5.74, 6) is -3.05. The lowest BCUT2D eigenvalue weighted by Gasteiger charge is -2.09. The summed E-state index contributed by atoms with van der Waals surface area (Å²) in [6.07, 6.45) is -0.382. The zero-order chi connectivity index (χ0) is 14.6. The third-order valence-corrected chi connectivity index (χ3v) is 3.96. The summed E-state index contributed by atoms with van der Waals surface area (Å²) >= 11 is 2.77. The minimum absolute atomic E-state index is 0.123. The van der Waals surface area contributed by atoms with Crippen LogP contribution in [0.2, 0.25) is 0 Å². The van der Waals surface area contributed by atoms with E-state index in [-0.39, 0.29) is 10.9 Å². The molecular weight excluding hydrogens is 348 g/mol. The van der Waals surface area contributed by atoms with E-state index in [0.29, 0.717) is 6.07 Å². The summed E-state index contributed by atoms with van der Waals surface area (Å²) in [6, 6.07) is 1.50. The third kappa shape index (κ3) is 4.75. The van der Waals surface area contributed by atoms with Crippen molar-refractivity contribution in [2.45, 2.75) is 6.42 Å². The van der Waals surface area contributed by atoms with Gasteiger partial charge in [-0.25, -0.2) is 17.2 Å². The highest BCUT2D eigenvalue weighted by Crippen LogP contribution is 2.24. The van der Waals surface area contributed by atoms with E-state index in [1.165, 1.54) is 0 Å². The zero-order valence-corrected chi connectivity index (χ0v) is 12.1. The van der Waals surface area contributed by atoms with Crippen LogP contribution in [0, 0.1) is 11.6 Å². The Hall–Kier alpha value is -1.22. The molecule has 0 aliphatic rings. The van der Waals surface area contributed by atoms with Crippen LogP contribution in [0.4, 0.5) is 14.5 Å². The first-order valence-electron chi connectivity index (χ1n) is 4.97. The SMILES string of the molecule is COC(=O)CCS(=O)(=O)Nc1cc(F)c(Br)cc1F. The highest BCUT2D eigenvalue weighted by atomic mass is 79.9. The van der Waals surface area contributed by atoms with Crippen LogP contribution in [0.1, 0.15) is 6.42 Å². The molecule has 0 aliphatic heterocycles. The molecule has 5 nitrogen and oxygen atoms in total. The van der Waals surface area contributed by atoms with Crippen LogP contribution in [0.25, 0.3) is 0 Å². The van der Waals surface area contributed by atoms with E-state index in [0.717, 1.165) is 13.2 Å². The van der Waals surface area contributed by atoms with Crippen molar-refractivity contribution in [3.05, 3.63) is 28.2 Å². The molecule has 0 heterocycles. The summed E-state index contributed by atoms with van der Waals surface area (Å²) in [5, 5.41) is 0. The van der Waals surface area contributed by atoms with E-state index in [1.807, 2.05) is 4.72 Å². The Balaban J connectivity index is 2.84.